The van der Waals surface area contributed by atoms with Crippen molar-refractivity contribution >= 4 is 11.8 Å². The summed E-state index contributed by atoms with van der Waals surface area (Å²) in [5.74, 6) is 0.172. The van der Waals surface area contributed by atoms with Gasteiger partial charge in [-0.3, -0.25) is 4.79 Å². The van der Waals surface area contributed by atoms with E-state index < -0.39 is 0 Å². The van der Waals surface area contributed by atoms with Crippen molar-refractivity contribution in [1.29, 1.82) is 0 Å². The molecule has 0 aliphatic rings. The number of carbonyl (C=O) groups is 2. The number of unbranched alkanes of at least 4 members (excludes halogenated alkanes) is 26. The summed E-state index contributed by atoms with van der Waals surface area (Å²) in [4.78, 5) is 24.7. The molecule has 0 saturated heterocycles. The summed E-state index contributed by atoms with van der Waals surface area (Å²) in [5, 5.41) is 0. The molecule has 0 aromatic heterocycles. The summed E-state index contributed by atoms with van der Waals surface area (Å²) < 4.78 is 5.47. The summed E-state index contributed by atoms with van der Waals surface area (Å²) in [6, 6.07) is 0. The van der Waals surface area contributed by atoms with Gasteiger partial charge in [-0.15, -0.1) is 0 Å². The van der Waals surface area contributed by atoms with E-state index >= 15 is 0 Å². The van der Waals surface area contributed by atoms with Crippen LogP contribution in [0.2, 0.25) is 0 Å². The quantitative estimate of drug-likeness (QED) is 0.0410. The molecular formula is C40H76O3. The molecule has 0 aromatic rings. The number of rotatable bonds is 35. The van der Waals surface area contributed by atoms with Crippen LogP contribution in [0, 0.1) is 5.92 Å². The second-order valence-electron chi connectivity index (χ2n) is 13.7. The molecule has 0 bridgehead atoms. The molecule has 43 heavy (non-hydrogen) atoms. The van der Waals surface area contributed by atoms with Gasteiger partial charge in [-0.25, -0.2) is 4.79 Å². The molecule has 0 N–H and O–H groups in total. The molecule has 3 nitrogen and oxygen atoms in total. The van der Waals surface area contributed by atoms with Crippen LogP contribution in [0.3, 0.4) is 0 Å². The van der Waals surface area contributed by atoms with Gasteiger partial charge in [-0.05, 0) is 25.7 Å². The van der Waals surface area contributed by atoms with Crippen LogP contribution in [0.15, 0.2) is 12.2 Å². The maximum absolute atomic E-state index is 12.7. The van der Waals surface area contributed by atoms with Crippen LogP contribution in [-0.2, 0) is 14.3 Å². The second kappa shape index (κ2) is 33.8. The molecule has 0 aliphatic carbocycles. The first-order valence-corrected chi connectivity index (χ1v) is 19.4. The molecule has 1 atom stereocenters. The zero-order valence-corrected chi connectivity index (χ0v) is 29.6. The first kappa shape index (κ1) is 41.9. The van der Waals surface area contributed by atoms with Gasteiger partial charge in [0.2, 0.25) is 0 Å². The molecular weight excluding hydrogens is 528 g/mol. The molecule has 0 aromatic carbocycles. The Bertz CT molecular complexity index is 625. The van der Waals surface area contributed by atoms with Crippen LogP contribution in [0.25, 0.3) is 0 Å². The van der Waals surface area contributed by atoms with Crippen LogP contribution in [0.5, 0.6) is 0 Å². The van der Waals surface area contributed by atoms with E-state index in [1.807, 2.05) is 0 Å². The van der Waals surface area contributed by atoms with Crippen molar-refractivity contribution in [2.75, 3.05) is 6.61 Å². The van der Waals surface area contributed by atoms with Gasteiger partial charge < -0.3 is 4.74 Å². The summed E-state index contributed by atoms with van der Waals surface area (Å²) >= 11 is 0. The zero-order valence-electron chi connectivity index (χ0n) is 29.6. The van der Waals surface area contributed by atoms with Gasteiger partial charge in [0, 0.05) is 18.4 Å². The molecule has 0 amide bonds. The molecule has 0 radical (unpaired) electrons. The number of esters is 1. The molecule has 1 unspecified atom stereocenters. The lowest BCUT2D eigenvalue weighted by atomic mass is 9.94. The van der Waals surface area contributed by atoms with Crippen molar-refractivity contribution in [2.45, 2.75) is 220 Å². The van der Waals surface area contributed by atoms with E-state index in [9.17, 15) is 9.59 Å². The second-order valence-corrected chi connectivity index (χ2v) is 13.7. The number of ketones is 1. The highest BCUT2D eigenvalue weighted by Crippen LogP contribution is 2.20. The standard InChI is InChI=1S/C40H76O3/c1-5-7-9-11-13-15-17-19-21-23-25-27-29-31-33-38(36-43-40(42)37(3)4)35-39(41)34-32-30-28-26-24-22-20-18-16-14-12-10-8-6-2/h38H,3,5-36H2,1-2,4H3. The third-order valence-electron chi connectivity index (χ3n) is 9.09. The lowest BCUT2D eigenvalue weighted by Crippen LogP contribution is -2.18. The maximum atomic E-state index is 12.7. The van der Waals surface area contributed by atoms with E-state index in [4.69, 9.17) is 4.74 Å². The molecule has 0 heterocycles. The maximum Gasteiger partial charge on any atom is 0.333 e. The minimum atomic E-state index is -0.328. The largest absolute Gasteiger partial charge is 0.462 e. The van der Waals surface area contributed by atoms with Gasteiger partial charge in [-0.2, -0.15) is 0 Å². The molecule has 0 spiro atoms. The minimum absolute atomic E-state index is 0.153. The van der Waals surface area contributed by atoms with Crippen molar-refractivity contribution in [1.82, 2.24) is 0 Å². The SMILES string of the molecule is C=C(C)C(=O)OCC(CCCCCCCCCCCCCCCC)CC(=O)CCCCCCCCCCCCCCCC. The van der Waals surface area contributed by atoms with E-state index in [2.05, 4.69) is 20.4 Å². The molecule has 0 saturated carbocycles. The Hall–Kier alpha value is -1.12. The Morgan fingerprint density at radius 2 is 0.837 bits per heavy atom. The number of hydrogen-bond donors (Lipinski definition) is 0. The predicted octanol–water partition coefficient (Wildman–Crippen LogP) is 13.4. The third-order valence-corrected chi connectivity index (χ3v) is 9.09. The monoisotopic (exact) mass is 605 g/mol. The first-order valence-electron chi connectivity index (χ1n) is 19.4. The van der Waals surface area contributed by atoms with Gasteiger partial charge in [0.1, 0.15) is 5.78 Å². The number of Topliss-reactive ketones (excluding diaryl/α,β-unsaturated/α-hetero) is 1. The average Bonchev–Trinajstić information content (AvgIpc) is 2.99. The summed E-state index contributed by atoms with van der Waals surface area (Å²) in [6.07, 6.45) is 39.8. The molecule has 0 rings (SSSR count). The van der Waals surface area contributed by atoms with E-state index in [-0.39, 0.29) is 11.9 Å². The van der Waals surface area contributed by atoms with Crippen molar-refractivity contribution in [3.63, 3.8) is 0 Å². The van der Waals surface area contributed by atoms with Crippen molar-refractivity contribution in [2.24, 2.45) is 5.92 Å². The molecule has 254 valence electrons. The molecule has 0 aliphatic heterocycles. The fraction of sp³-hybridized carbons (Fsp3) is 0.900. The Morgan fingerprint density at radius 1 is 0.512 bits per heavy atom. The van der Waals surface area contributed by atoms with E-state index in [0.717, 1.165) is 25.7 Å². The fourth-order valence-electron chi connectivity index (χ4n) is 6.13. The van der Waals surface area contributed by atoms with Crippen LogP contribution in [-0.4, -0.2) is 18.4 Å². The Labute approximate surface area is 270 Å². The Kier molecular flexibility index (Phi) is 32.9. The van der Waals surface area contributed by atoms with Crippen LogP contribution in [0.4, 0.5) is 0 Å². The Morgan fingerprint density at radius 3 is 1.19 bits per heavy atom. The molecule has 3 heteroatoms. The topological polar surface area (TPSA) is 43.4 Å². The third kappa shape index (κ3) is 32.1. The van der Waals surface area contributed by atoms with Crippen LogP contribution < -0.4 is 0 Å². The van der Waals surface area contributed by atoms with Crippen molar-refractivity contribution < 1.29 is 14.3 Å². The lowest BCUT2D eigenvalue weighted by Gasteiger charge is -2.16. The highest BCUT2D eigenvalue weighted by atomic mass is 16.5. The average molecular weight is 605 g/mol. The highest BCUT2D eigenvalue weighted by Gasteiger charge is 2.16. The predicted molar refractivity (Wildman–Crippen MR) is 189 cm³/mol. The van der Waals surface area contributed by atoms with Gasteiger partial charge in [-0.1, -0.05) is 194 Å². The first-order chi connectivity index (χ1) is 21.0. The van der Waals surface area contributed by atoms with E-state index in [1.54, 1.807) is 6.92 Å². The van der Waals surface area contributed by atoms with Crippen molar-refractivity contribution in [3.05, 3.63) is 12.2 Å². The summed E-state index contributed by atoms with van der Waals surface area (Å²) in [6.45, 7) is 10.3. The van der Waals surface area contributed by atoms with Gasteiger partial charge >= 0.3 is 5.97 Å². The molecule has 0 fully saturated rings. The highest BCUT2D eigenvalue weighted by molar-refractivity contribution is 5.87. The van der Waals surface area contributed by atoms with E-state index in [0.29, 0.717) is 30.8 Å². The van der Waals surface area contributed by atoms with Crippen LogP contribution >= 0.6 is 0 Å². The van der Waals surface area contributed by atoms with Gasteiger partial charge in [0.25, 0.3) is 0 Å². The number of hydrogen-bond acceptors (Lipinski definition) is 3. The number of carbonyl (C=O) groups excluding carboxylic acids is 2. The van der Waals surface area contributed by atoms with Gasteiger partial charge in [0.05, 0.1) is 6.61 Å². The van der Waals surface area contributed by atoms with Gasteiger partial charge in [0.15, 0.2) is 0 Å². The number of ether oxygens (including phenoxy) is 1. The normalized spacial score (nSPS) is 12.0. The smallest absolute Gasteiger partial charge is 0.333 e. The fourth-order valence-corrected chi connectivity index (χ4v) is 6.13. The van der Waals surface area contributed by atoms with E-state index in [1.165, 1.54) is 161 Å². The van der Waals surface area contributed by atoms with Crippen molar-refractivity contribution in [3.8, 4) is 0 Å². The van der Waals surface area contributed by atoms with Crippen LogP contribution in [0.1, 0.15) is 220 Å². The summed E-state index contributed by atoms with van der Waals surface area (Å²) in [5.41, 5.74) is 0.434. The Balaban J connectivity index is 3.89. The summed E-state index contributed by atoms with van der Waals surface area (Å²) in [7, 11) is 0. The minimum Gasteiger partial charge on any atom is -0.462 e. The zero-order chi connectivity index (χ0) is 31.6. The lowest BCUT2D eigenvalue weighted by molar-refractivity contribution is -0.141.